The summed E-state index contributed by atoms with van der Waals surface area (Å²) in [4.78, 5) is 15.5. The van der Waals surface area contributed by atoms with Crippen LogP contribution in [0.25, 0.3) is 133 Å². The topological polar surface area (TPSA) is 61.7 Å². The highest BCUT2D eigenvalue weighted by molar-refractivity contribution is 6.19. The van der Waals surface area contributed by atoms with Crippen molar-refractivity contribution in [3.63, 3.8) is 0 Å². The van der Waals surface area contributed by atoms with Crippen LogP contribution >= 0.6 is 0 Å². The predicted molar refractivity (Wildman–Crippen MR) is 283 cm³/mol. The number of rotatable bonds is 7. The summed E-state index contributed by atoms with van der Waals surface area (Å²) < 4.78 is 12.2. The van der Waals surface area contributed by atoms with E-state index in [1.807, 2.05) is 66.7 Å². The minimum Gasteiger partial charge on any atom is -0.453 e. The van der Waals surface area contributed by atoms with Crippen LogP contribution in [0.15, 0.2) is 241 Å². The summed E-state index contributed by atoms with van der Waals surface area (Å²) in [7, 11) is 0. The number of furan rings is 1. The number of fused-ring (bicyclic) bond motifs is 9. The number of benzene rings is 10. The van der Waals surface area contributed by atoms with Gasteiger partial charge in [-0.25, -0.2) is 15.0 Å². The van der Waals surface area contributed by atoms with Crippen LogP contribution in [0.1, 0.15) is 0 Å². The van der Waals surface area contributed by atoms with Crippen LogP contribution in [0.2, 0.25) is 0 Å². The molecule has 4 heterocycles. The molecule has 0 N–H and O–H groups in total. The molecule has 322 valence electrons. The van der Waals surface area contributed by atoms with E-state index < -0.39 is 0 Å². The van der Waals surface area contributed by atoms with Gasteiger partial charge in [0.2, 0.25) is 0 Å². The lowest BCUT2D eigenvalue weighted by atomic mass is 9.98. The van der Waals surface area contributed by atoms with Gasteiger partial charge in [0.05, 0.1) is 27.8 Å². The molecule has 0 aliphatic heterocycles. The lowest BCUT2D eigenvalue weighted by Crippen LogP contribution is -2.00. The molecule has 0 unspecified atom stereocenters. The van der Waals surface area contributed by atoms with Gasteiger partial charge in [0.15, 0.2) is 23.1 Å². The van der Waals surface area contributed by atoms with Crippen LogP contribution in [0, 0.1) is 0 Å². The zero-order valence-corrected chi connectivity index (χ0v) is 37.2. The van der Waals surface area contributed by atoms with Gasteiger partial charge in [-0.05, 0) is 59.7 Å². The molecule has 4 aromatic heterocycles. The van der Waals surface area contributed by atoms with Crippen molar-refractivity contribution in [1.82, 2.24) is 24.1 Å². The molecule has 0 bridgehead atoms. The summed E-state index contributed by atoms with van der Waals surface area (Å²) in [6.45, 7) is 0. The molecular formula is C63H39N5O. The molecule has 0 aliphatic rings. The fraction of sp³-hybridized carbons (Fsp3) is 0. The quantitative estimate of drug-likeness (QED) is 0.160. The Balaban J connectivity index is 1.04. The molecule has 10 aromatic carbocycles. The predicted octanol–water partition coefficient (Wildman–Crippen LogP) is 16.3. The van der Waals surface area contributed by atoms with Crippen molar-refractivity contribution in [2.75, 3.05) is 0 Å². The van der Waals surface area contributed by atoms with Crippen LogP contribution in [0.5, 0.6) is 0 Å². The first-order valence-electron chi connectivity index (χ1n) is 23.3. The van der Waals surface area contributed by atoms with Crippen molar-refractivity contribution in [2.45, 2.75) is 0 Å². The summed E-state index contributed by atoms with van der Waals surface area (Å²) >= 11 is 0. The molecule has 0 radical (unpaired) electrons. The average Bonchev–Trinajstić information content (AvgIpc) is 4.10. The highest BCUT2D eigenvalue weighted by Gasteiger charge is 2.25. The standard InChI is InChI=1S/C63H39N5O/c1-5-19-40(20-6-1)46-37-38-52(63-65-61(41-21-7-2-8-22-41)64-62(66-63)42-23-9-3-10-24-42)57-51-31-18-34-55(59(51)69-60(46)57)68-54-33-16-13-27-47(54)49-36-35-43(39-56(49)68)45-29-17-30-50-48-28-14-15-32-53(48)67(58(45)50)44-25-11-4-12-26-44/h1-39H. The van der Waals surface area contributed by atoms with Crippen LogP contribution in [-0.2, 0) is 0 Å². The van der Waals surface area contributed by atoms with E-state index in [9.17, 15) is 0 Å². The number of aromatic nitrogens is 5. The van der Waals surface area contributed by atoms with E-state index in [2.05, 4.69) is 179 Å². The highest BCUT2D eigenvalue weighted by Crippen LogP contribution is 2.46. The monoisotopic (exact) mass is 881 g/mol. The van der Waals surface area contributed by atoms with Gasteiger partial charge in [-0.3, -0.25) is 0 Å². The maximum atomic E-state index is 7.36. The number of hydrogen-bond acceptors (Lipinski definition) is 4. The largest absolute Gasteiger partial charge is 0.453 e. The van der Waals surface area contributed by atoms with Crippen molar-refractivity contribution >= 4 is 65.6 Å². The Labute approximate surface area is 396 Å². The lowest BCUT2D eigenvalue weighted by molar-refractivity contribution is 0.667. The fourth-order valence-corrected chi connectivity index (χ4v) is 10.5. The first-order chi connectivity index (χ1) is 34.2. The molecule has 0 spiro atoms. The Morgan fingerprint density at radius 1 is 0.304 bits per heavy atom. The minimum atomic E-state index is 0.573. The summed E-state index contributed by atoms with van der Waals surface area (Å²) in [6, 6.07) is 83.2. The maximum Gasteiger partial charge on any atom is 0.164 e. The average molecular weight is 882 g/mol. The Kier molecular flexibility index (Phi) is 8.79. The van der Waals surface area contributed by atoms with E-state index in [1.165, 1.54) is 27.2 Å². The second kappa shape index (κ2) is 15.6. The summed E-state index contributed by atoms with van der Waals surface area (Å²) in [5.41, 5.74) is 15.2. The van der Waals surface area contributed by atoms with E-state index in [-0.39, 0.29) is 0 Å². The molecular weight excluding hydrogens is 843 g/mol. The van der Waals surface area contributed by atoms with Crippen LogP contribution in [0.4, 0.5) is 0 Å². The second-order valence-electron chi connectivity index (χ2n) is 17.5. The number of para-hydroxylation sites is 5. The molecule has 0 amide bonds. The zero-order chi connectivity index (χ0) is 45.4. The molecule has 14 aromatic rings. The lowest BCUT2D eigenvalue weighted by Gasteiger charge is -2.13. The van der Waals surface area contributed by atoms with E-state index in [1.54, 1.807) is 0 Å². The van der Waals surface area contributed by atoms with Crippen molar-refractivity contribution in [2.24, 2.45) is 0 Å². The van der Waals surface area contributed by atoms with Crippen molar-refractivity contribution in [3.8, 4) is 67.8 Å². The Morgan fingerprint density at radius 2 is 0.826 bits per heavy atom. The van der Waals surface area contributed by atoms with Gasteiger partial charge >= 0.3 is 0 Å². The molecule has 6 nitrogen and oxygen atoms in total. The van der Waals surface area contributed by atoms with E-state index in [4.69, 9.17) is 19.4 Å². The third-order valence-electron chi connectivity index (χ3n) is 13.6. The fourth-order valence-electron chi connectivity index (χ4n) is 10.5. The molecule has 6 heteroatoms. The molecule has 0 atom stereocenters. The third kappa shape index (κ3) is 6.16. The first kappa shape index (κ1) is 38.8. The van der Waals surface area contributed by atoms with E-state index >= 15 is 0 Å². The molecule has 14 rings (SSSR count). The minimum absolute atomic E-state index is 0.573. The summed E-state index contributed by atoms with van der Waals surface area (Å²) in [5.74, 6) is 1.78. The molecule has 0 aliphatic carbocycles. The molecule has 69 heavy (non-hydrogen) atoms. The van der Waals surface area contributed by atoms with E-state index in [0.29, 0.717) is 17.5 Å². The smallest absolute Gasteiger partial charge is 0.164 e. The molecule has 0 fully saturated rings. The SMILES string of the molecule is c1ccc(-c2nc(-c3ccccc3)nc(-c3ccc(-c4ccccc4)c4oc5c(-n6c7ccccc7c7ccc(-c8cccc9c%10ccccc%10n(-c%10ccccc%10)c89)cc76)cccc5c34)n2)cc1. The van der Waals surface area contributed by atoms with Gasteiger partial charge < -0.3 is 13.6 Å². The van der Waals surface area contributed by atoms with Gasteiger partial charge in [0.25, 0.3) is 0 Å². The molecule has 0 saturated carbocycles. The summed E-state index contributed by atoms with van der Waals surface area (Å²) in [5, 5.41) is 6.69. The van der Waals surface area contributed by atoms with Gasteiger partial charge in [0.1, 0.15) is 5.58 Å². The van der Waals surface area contributed by atoms with Gasteiger partial charge in [-0.2, -0.15) is 0 Å². The maximum absolute atomic E-state index is 7.36. The van der Waals surface area contributed by atoms with Crippen LogP contribution in [0.3, 0.4) is 0 Å². The number of nitrogens with zero attached hydrogens (tertiary/aromatic N) is 5. The molecule has 0 saturated heterocycles. The zero-order valence-electron chi connectivity index (χ0n) is 37.2. The summed E-state index contributed by atoms with van der Waals surface area (Å²) in [6.07, 6.45) is 0. The Bertz CT molecular complexity index is 4230. The Morgan fingerprint density at radius 3 is 1.52 bits per heavy atom. The normalized spacial score (nSPS) is 11.8. The third-order valence-corrected chi connectivity index (χ3v) is 13.6. The van der Waals surface area contributed by atoms with Crippen molar-refractivity contribution < 1.29 is 4.42 Å². The van der Waals surface area contributed by atoms with Gasteiger partial charge in [-0.15, -0.1) is 0 Å². The highest BCUT2D eigenvalue weighted by atomic mass is 16.3. The van der Waals surface area contributed by atoms with E-state index in [0.717, 1.165) is 88.7 Å². The van der Waals surface area contributed by atoms with Crippen LogP contribution in [-0.4, -0.2) is 24.1 Å². The second-order valence-corrected chi connectivity index (χ2v) is 17.5. The van der Waals surface area contributed by atoms with Crippen molar-refractivity contribution in [1.29, 1.82) is 0 Å². The van der Waals surface area contributed by atoms with Gasteiger partial charge in [0, 0.05) is 65.8 Å². The van der Waals surface area contributed by atoms with Crippen LogP contribution < -0.4 is 0 Å². The Hall–Kier alpha value is -9.39. The van der Waals surface area contributed by atoms with Crippen molar-refractivity contribution in [3.05, 3.63) is 237 Å². The van der Waals surface area contributed by atoms with Gasteiger partial charge in [-0.1, -0.05) is 188 Å². The first-order valence-corrected chi connectivity index (χ1v) is 23.3. The number of hydrogen-bond donors (Lipinski definition) is 0.